The first-order valence-corrected chi connectivity index (χ1v) is 7.72. The monoisotopic (exact) mass is 341 g/mol. The van der Waals surface area contributed by atoms with Crippen LogP contribution in [0.3, 0.4) is 0 Å². The summed E-state index contributed by atoms with van der Waals surface area (Å²) in [6, 6.07) is 14.3. The van der Waals surface area contributed by atoms with Gasteiger partial charge in [-0.2, -0.15) is 5.10 Å². The Hall–Kier alpha value is -2.79. The third-order valence-corrected chi connectivity index (χ3v) is 3.91. The first-order chi connectivity index (χ1) is 11.6. The summed E-state index contributed by atoms with van der Waals surface area (Å²) in [6.45, 7) is 1.97. The van der Waals surface area contributed by atoms with Crippen LogP contribution in [0.15, 0.2) is 54.7 Å². The number of methoxy groups -OCH3 is 1. The van der Waals surface area contributed by atoms with Gasteiger partial charge in [0, 0.05) is 23.1 Å². The topological polar surface area (TPSA) is 56.1 Å². The van der Waals surface area contributed by atoms with E-state index in [2.05, 4.69) is 10.4 Å². The molecule has 0 aliphatic rings. The molecule has 0 unspecified atom stereocenters. The van der Waals surface area contributed by atoms with Gasteiger partial charge >= 0.3 is 0 Å². The average Bonchev–Trinajstić information content (AvgIpc) is 3.01. The first-order valence-electron chi connectivity index (χ1n) is 7.34. The number of ether oxygens (including phenoxy) is 1. The second-order valence-corrected chi connectivity index (χ2v) is 5.64. The number of nitrogens with zero attached hydrogens (tertiary/aromatic N) is 2. The molecule has 1 N–H and O–H groups in total. The van der Waals surface area contributed by atoms with Crippen LogP contribution in [0.4, 0.5) is 5.69 Å². The lowest BCUT2D eigenvalue weighted by atomic mass is 10.2. The van der Waals surface area contributed by atoms with Crippen molar-refractivity contribution in [1.82, 2.24) is 9.78 Å². The van der Waals surface area contributed by atoms with Crippen molar-refractivity contribution >= 4 is 23.2 Å². The van der Waals surface area contributed by atoms with Crippen LogP contribution in [-0.4, -0.2) is 22.8 Å². The molecule has 0 saturated carbocycles. The Morgan fingerprint density at radius 3 is 2.50 bits per heavy atom. The van der Waals surface area contributed by atoms with Gasteiger partial charge in [0.15, 0.2) is 0 Å². The van der Waals surface area contributed by atoms with E-state index in [9.17, 15) is 4.79 Å². The summed E-state index contributed by atoms with van der Waals surface area (Å²) in [7, 11) is 1.54. The molecule has 2 aromatic carbocycles. The van der Waals surface area contributed by atoms with Gasteiger partial charge in [0.25, 0.3) is 5.91 Å². The Balaban J connectivity index is 1.76. The average molecular weight is 342 g/mol. The summed E-state index contributed by atoms with van der Waals surface area (Å²) in [6.07, 6.45) is 1.74. The number of nitrogens with one attached hydrogen (secondary N) is 1. The molecule has 0 fully saturated rings. The maximum absolute atomic E-state index is 12.3. The fourth-order valence-electron chi connectivity index (χ4n) is 2.34. The maximum Gasteiger partial charge on any atom is 0.255 e. The number of aromatic nitrogens is 2. The van der Waals surface area contributed by atoms with E-state index in [1.807, 2.05) is 29.8 Å². The van der Waals surface area contributed by atoms with Crippen LogP contribution in [0.2, 0.25) is 5.02 Å². The van der Waals surface area contributed by atoms with E-state index in [1.165, 1.54) is 0 Å². The van der Waals surface area contributed by atoms with E-state index >= 15 is 0 Å². The highest BCUT2D eigenvalue weighted by molar-refractivity contribution is 6.32. The molecule has 3 aromatic rings. The van der Waals surface area contributed by atoms with Crippen LogP contribution in [0.25, 0.3) is 5.69 Å². The zero-order valence-corrected chi connectivity index (χ0v) is 14.0. The van der Waals surface area contributed by atoms with Gasteiger partial charge in [-0.1, -0.05) is 11.6 Å². The zero-order valence-electron chi connectivity index (χ0n) is 13.3. The van der Waals surface area contributed by atoms with Crippen LogP contribution in [-0.2, 0) is 0 Å². The van der Waals surface area contributed by atoms with Crippen LogP contribution in [0.5, 0.6) is 5.75 Å². The summed E-state index contributed by atoms with van der Waals surface area (Å²) in [5.74, 6) is 0.355. The quantitative estimate of drug-likeness (QED) is 0.777. The van der Waals surface area contributed by atoms with Crippen LogP contribution >= 0.6 is 11.6 Å². The molecular weight excluding hydrogens is 326 g/mol. The Bertz CT molecular complexity index is 872. The third kappa shape index (κ3) is 3.26. The Labute approximate surface area is 144 Å². The van der Waals surface area contributed by atoms with Crippen LogP contribution in [0.1, 0.15) is 16.1 Å². The van der Waals surface area contributed by atoms with Gasteiger partial charge < -0.3 is 10.1 Å². The van der Waals surface area contributed by atoms with E-state index < -0.39 is 0 Å². The molecule has 0 atom stereocenters. The zero-order chi connectivity index (χ0) is 17.1. The largest absolute Gasteiger partial charge is 0.495 e. The molecule has 0 radical (unpaired) electrons. The number of hydrogen-bond donors (Lipinski definition) is 1. The second-order valence-electron chi connectivity index (χ2n) is 5.23. The van der Waals surface area contributed by atoms with Crippen molar-refractivity contribution in [3.63, 3.8) is 0 Å². The standard InChI is InChI=1S/C18H16ClN3O2/c1-12-9-10-20-22(12)15-6-3-13(4-7-15)18(23)21-14-5-8-17(24-2)16(19)11-14/h3-11H,1-2H3,(H,21,23). The molecule has 0 aliphatic carbocycles. The molecule has 1 amide bonds. The molecule has 3 rings (SSSR count). The van der Waals surface area contributed by atoms with Gasteiger partial charge in [0.05, 0.1) is 17.8 Å². The van der Waals surface area contributed by atoms with Gasteiger partial charge in [0.1, 0.15) is 5.75 Å². The minimum Gasteiger partial charge on any atom is -0.495 e. The predicted molar refractivity (Wildman–Crippen MR) is 94.3 cm³/mol. The summed E-state index contributed by atoms with van der Waals surface area (Å²) < 4.78 is 6.91. The first kappa shape index (κ1) is 16.1. The van der Waals surface area contributed by atoms with Crippen LogP contribution in [0, 0.1) is 6.92 Å². The van der Waals surface area contributed by atoms with Crippen molar-refractivity contribution in [1.29, 1.82) is 0 Å². The number of carbonyl (C=O) groups is 1. The Morgan fingerprint density at radius 2 is 1.92 bits per heavy atom. The fraction of sp³-hybridized carbons (Fsp3) is 0.111. The van der Waals surface area contributed by atoms with Gasteiger partial charge in [0.2, 0.25) is 0 Å². The lowest BCUT2D eigenvalue weighted by Gasteiger charge is -2.09. The summed E-state index contributed by atoms with van der Waals surface area (Å²) in [5.41, 5.74) is 3.09. The van der Waals surface area contributed by atoms with Crippen molar-refractivity contribution in [3.05, 3.63) is 71.0 Å². The minimum absolute atomic E-state index is 0.208. The molecule has 122 valence electrons. The van der Waals surface area contributed by atoms with Gasteiger partial charge in [-0.05, 0) is 55.5 Å². The van der Waals surface area contributed by atoms with E-state index in [4.69, 9.17) is 16.3 Å². The normalized spacial score (nSPS) is 10.5. The van der Waals surface area contributed by atoms with Crippen molar-refractivity contribution in [2.24, 2.45) is 0 Å². The van der Waals surface area contributed by atoms with Gasteiger partial charge in [-0.15, -0.1) is 0 Å². The van der Waals surface area contributed by atoms with Crippen molar-refractivity contribution in [2.75, 3.05) is 12.4 Å². The molecule has 6 heteroatoms. The van der Waals surface area contributed by atoms with Crippen molar-refractivity contribution in [2.45, 2.75) is 6.92 Å². The molecule has 0 spiro atoms. The van der Waals surface area contributed by atoms with Gasteiger partial charge in [-0.3, -0.25) is 4.79 Å². The third-order valence-electron chi connectivity index (χ3n) is 3.62. The SMILES string of the molecule is COc1ccc(NC(=O)c2ccc(-n3nccc3C)cc2)cc1Cl. The van der Waals surface area contributed by atoms with Crippen molar-refractivity contribution in [3.8, 4) is 11.4 Å². The Kier molecular flexibility index (Phi) is 4.53. The van der Waals surface area contributed by atoms with E-state index in [1.54, 1.807) is 43.6 Å². The summed E-state index contributed by atoms with van der Waals surface area (Å²) >= 11 is 6.07. The van der Waals surface area contributed by atoms with Crippen molar-refractivity contribution < 1.29 is 9.53 Å². The number of amides is 1. The maximum atomic E-state index is 12.3. The molecule has 0 bridgehead atoms. The molecular formula is C18H16ClN3O2. The number of anilines is 1. The highest BCUT2D eigenvalue weighted by Gasteiger charge is 2.09. The minimum atomic E-state index is -0.208. The second kappa shape index (κ2) is 6.76. The number of rotatable bonds is 4. The van der Waals surface area contributed by atoms with Crippen LogP contribution < -0.4 is 10.1 Å². The van der Waals surface area contributed by atoms with E-state index in [0.717, 1.165) is 11.4 Å². The lowest BCUT2D eigenvalue weighted by Crippen LogP contribution is -2.12. The molecule has 5 nitrogen and oxygen atoms in total. The van der Waals surface area contributed by atoms with E-state index in [-0.39, 0.29) is 5.91 Å². The van der Waals surface area contributed by atoms with Gasteiger partial charge in [-0.25, -0.2) is 4.68 Å². The molecule has 24 heavy (non-hydrogen) atoms. The molecule has 0 saturated heterocycles. The molecule has 1 aromatic heterocycles. The predicted octanol–water partition coefficient (Wildman–Crippen LogP) is 4.10. The number of hydrogen-bond acceptors (Lipinski definition) is 3. The number of halogens is 1. The highest BCUT2D eigenvalue weighted by Crippen LogP contribution is 2.27. The number of benzene rings is 2. The fourth-order valence-corrected chi connectivity index (χ4v) is 2.60. The number of carbonyl (C=O) groups excluding carboxylic acids is 1. The number of aryl methyl sites for hydroxylation is 1. The summed E-state index contributed by atoms with van der Waals surface area (Å²) in [4.78, 5) is 12.3. The molecule has 1 heterocycles. The summed E-state index contributed by atoms with van der Waals surface area (Å²) in [5, 5.41) is 7.50. The Morgan fingerprint density at radius 1 is 1.17 bits per heavy atom. The van der Waals surface area contributed by atoms with E-state index in [0.29, 0.717) is 22.0 Å². The lowest BCUT2D eigenvalue weighted by molar-refractivity contribution is 0.102. The smallest absolute Gasteiger partial charge is 0.255 e. The molecule has 0 aliphatic heterocycles. The highest BCUT2D eigenvalue weighted by atomic mass is 35.5.